The number of ether oxygens (including phenoxy) is 2. The summed E-state index contributed by atoms with van der Waals surface area (Å²) in [7, 11) is -3.94. The SMILES string of the molecule is Cc1ccc(S(=O)(=O)N2CCC[C@H]2C(=O)NC2C[C@@H](C)O[C@@H](C)C2)c(N2[C@@H](C)COC[C@@H]2C)n1. The first kappa shape index (κ1) is 25.3. The third-order valence-electron chi connectivity index (χ3n) is 7.03. The molecule has 34 heavy (non-hydrogen) atoms. The van der Waals surface area contributed by atoms with Crippen molar-refractivity contribution in [3.8, 4) is 0 Å². The summed E-state index contributed by atoms with van der Waals surface area (Å²) in [5.74, 6) is 0.226. The molecule has 0 saturated carbocycles. The number of anilines is 1. The molecule has 0 bridgehead atoms. The van der Waals surface area contributed by atoms with E-state index in [4.69, 9.17) is 9.47 Å². The average Bonchev–Trinajstić information content (AvgIpc) is 3.24. The van der Waals surface area contributed by atoms with E-state index in [-0.39, 0.29) is 41.1 Å². The Morgan fingerprint density at radius 1 is 1.09 bits per heavy atom. The van der Waals surface area contributed by atoms with E-state index in [0.717, 1.165) is 18.5 Å². The molecule has 3 fully saturated rings. The largest absolute Gasteiger partial charge is 0.377 e. The number of morpholine rings is 1. The van der Waals surface area contributed by atoms with Crippen molar-refractivity contribution in [2.75, 3.05) is 24.7 Å². The zero-order valence-electron chi connectivity index (χ0n) is 20.9. The van der Waals surface area contributed by atoms with Gasteiger partial charge in [-0.05, 0) is 72.4 Å². The summed E-state index contributed by atoms with van der Waals surface area (Å²) in [4.78, 5) is 20.1. The fraction of sp³-hybridized carbons (Fsp3) is 0.750. The normalized spacial score (nSPS) is 33.1. The van der Waals surface area contributed by atoms with E-state index in [1.54, 1.807) is 12.1 Å². The van der Waals surface area contributed by atoms with Crippen LogP contribution in [0.3, 0.4) is 0 Å². The summed E-state index contributed by atoms with van der Waals surface area (Å²) < 4.78 is 40.7. The van der Waals surface area contributed by atoms with Crippen LogP contribution in [0, 0.1) is 6.92 Å². The number of amides is 1. The van der Waals surface area contributed by atoms with Gasteiger partial charge in [0.25, 0.3) is 0 Å². The Bertz CT molecular complexity index is 983. The molecule has 0 aromatic carbocycles. The molecule has 3 aliphatic heterocycles. The minimum Gasteiger partial charge on any atom is -0.377 e. The second kappa shape index (κ2) is 10.1. The second-order valence-corrected chi connectivity index (χ2v) is 12.0. The number of nitrogens with zero attached hydrogens (tertiary/aromatic N) is 3. The highest BCUT2D eigenvalue weighted by Gasteiger charge is 2.43. The fourth-order valence-electron chi connectivity index (χ4n) is 5.57. The van der Waals surface area contributed by atoms with Crippen LogP contribution in [0.25, 0.3) is 0 Å². The number of aryl methyl sites for hydroxylation is 1. The van der Waals surface area contributed by atoms with Crippen molar-refractivity contribution in [3.05, 3.63) is 17.8 Å². The zero-order valence-corrected chi connectivity index (χ0v) is 21.7. The van der Waals surface area contributed by atoms with Crippen LogP contribution in [0.1, 0.15) is 59.1 Å². The monoisotopic (exact) mass is 494 g/mol. The molecule has 4 rings (SSSR count). The summed E-state index contributed by atoms with van der Waals surface area (Å²) in [5, 5.41) is 3.11. The molecule has 6 atom stereocenters. The van der Waals surface area contributed by atoms with Crippen molar-refractivity contribution in [3.63, 3.8) is 0 Å². The fourth-order valence-corrected chi connectivity index (χ4v) is 7.35. The lowest BCUT2D eigenvalue weighted by Gasteiger charge is -2.40. The molecule has 0 spiro atoms. The van der Waals surface area contributed by atoms with Gasteiger partial charge < -0.3 is 19.7 Å². The molecular weight excluding hydrogens is 456 g/mol. The maximum atomic E-state index is 14.0. The summed E-state index contributed by atoms with van der Waals surface area (Å²) >= 11 is 0. The number of pyridine rings is 1. The average molecular weight is 495 g/mol. The van der Waals surface area contributed by atoms with Crippen LogP contribution in [-0.4, -0.2) is 79.7 Å². The standard InChI is InChI=1S/C24H38N4O5S/c1-15-8-9-22(23(25-15)28-16(2)13-32-14-17(28)3)34(30,31)27-10-6-7-21(27)24(29)26-20-11-18(4)33-19(5)12-20/h8-9,16-21H,6-7,10-14H2,1-5H3,(H,26,29)/t16-,17-,18-,19+,20?,21-/m0/s1. The molecule has 1 aromatic heterocycles. The van der Waals surface area contributed by atoms with Crippen molar-refractivity contribution in [1.82, 2.24) is 14.6 Å². The Labute approximate surface area is 203 Å². The number of hydrogen-bond acceptors (Lipinski definition) is 7. The first-order chi connectivity index (χ1) is 16.1. The van der Waals surface area contributed by atoms with Crippen LogP contribution in [0.15, 0.2) is 17.0 Å². The Kier molecular flexibility index (Phi) is 7.52. The van der Waals surface area contributed by atoms with Crippen LogP contribution in [0.2, 0.25) is 0 Å². The van der Waals surface area contributed by atoms with Crippen molar-refractivity contribution < 1.29 is 22.7 Å². The van der Waals surface area contributed by atoms with Crippen molar-refractivity contribution in [1.29, 1.82) is 0 Å². The maximum Gasteiger partial charge on any atom is 0.247 e. The van der Waals surface area contributed by atoms with Crippen LogP contribution in [0.5, 0.6) is 0 Å². The van der Waals surface area contributed by atoms with Gasteiger partial charge in [0.15, 0.2) is 0 Å². The van der Waals surface area contributed by atoms with Gasteiger partial charge in [0.2, 0.25) is 15.9 Å². The van der Waals surface area contributed by atoms with E-state index in [0.29, 0.717) is 38.4 Å². The number of sulfonamides is 1. The molecule has 0 aliphatic carbocycles. The van der Waals surface area contributed by atoms with E-state index in [9.17, 15) is 13.2 Å². The highest BCUT2D eigenvalue weighted by Crippen LogP contribution is 2.34. The van der Waals surface area contributed by atoms with Gasteiger partial charge in [0.1, 0.15) is 16.8 Å². The smallest absolute Gasteiger partial charge is 0.247 e. The van der Waals surface area contributed by atoms with Crippen LogP contribution < -0.4 is 10.2 Å². The van der Waals surface area contributed by atoms with Gasteiger partial charge in [0.05, 0.1) is 37.5 Å². The molecule has 1 aromatic rings. The van der Waals surface area contributed by atoms with Crippen LogP contribution in [-0.2, 0) is 24.3 Å². The Hall–Kier alpha value is -1.75. The van der Waals surface area contributed by atoms with E-state index in [1.807, 2.05) is 39.5 Å². The molecule has 4 heterocycles. The van der Waals surface area contributed by atoms with Gasteiger partial charge in [0, 0.05) is 18.3 Å². The molecule has 1 N–H and O–H groups in total. The second-order valence-electron chi connectivity index (χ2n) is 10.1. The summed E-state index contributed by atoms with van der Waals surface area (Å²) in [5.41, 5.74) is 0.748. The number of carbonyl (C=O) groups excluding carboxylic acids is 1. The van der Waals surface area contributed by atoms with E-state index >= 15 is 0 Å². The molecule has 3 aliphatic rings. The molecule has 10 heteroatoms. The minimum atomic E-state index is -3.94. The molecule has 9 nitrogen and oxygen atoms in total. The van der Waals surface area contributed by atoms with Gasteiger partial charge in [-0.1, -0.05) is 0 Å². The van der Waals surface area contributed by atoms with E-state index in [2.05, 4.69) is 10.3 Å². The van der Waals surface area contributed by atoms with Gasteiger partial charge >= 0.3 is 0 Å². The molecular formula is C24H38N4O5S. The third-order valence-corrected chi connectivity index (χ3v) is 8.96. The Morgan fingerprint density at radius 3 is 2.38 bits per heavy atom. The highest BCUT2D eigenvalue weighted by molar-refractivity contribution is 7.89. The van der Waals surface area contributed by atoms with E-state index < -0.39 is 16.1 Å². The van der Waals surface area contributed by atoms with Crippen molar-refractivity contribution in [2.24, 2.45) is 0 Å². The number of nitrogens with one attached hydrogen (secondary N) is 1. The van der Waals surface area contributed by atoms with Gasteiger partial charge in [-0.2, -0.15) is 4.31 Å². The summed E-state index contributed by atoms with van der Waals surface area (Å²) in [6.45, 7) is 11.2. The van der Waals surface area contributed by atoms with Crippen LogP contribution >= 0.6 is 0 Å². The lowest BCUT2D eigenvalue weighted by molar-refractivity contribution is -0.126. The minimum absolute atomic E-state index is 0.0111. The molecule has 1 amide bonds. The topological polar surface area (TPSA) is 101 Å². The number of hydrogen-bond donors (Lipinski definition) is 1. The number of carbonyl (C=O) groups is 1. The van der Waals surface area contributed by atoms with Crippen LogP contribution in [0.4, 0.5) is 5.82 Å². The third kappa shape index (κ3) is 5.10. The zero-order chi connectivity index (χ0) is 24.6. The number of aromatic nitrogens is 1. The van der Waals surface area contributed by atoms with Gasteiger partial charge in [-0.25, -0.2) is 13.4 Å². The first-order valence-electron chi connectivity index (χ1n) is 12.4. The predicted molar refractivity (Wildman–Crippen MR) is 129 cm³/mol. The van der Waals surface area contributed by atoms with E-state index in [1.165, 1.54) is 4.31 Å². The first-order valence-corrected chi connectivity index (χ1v) is 13.8. The maximum absolute atomic E-state index is 14.0. The lowest BCUT2D eigenvalue weighted by atomic mass is 9.99. The number of rotatable bonds is 5. The molecule has 0 radical (unpaired) electrons. The van der Waals surface area contributed by atoms with Gasteiger partial charge in [-0.15, -0.1) is 0 Å². The molecule has 3 saturated heterocycles. The van der Waals surface area contributed by atoms with Crippen molar-refractivity contribution >= 4 is 21.7 Å². The Morgan fingerprint density at radius 2 is 1.74 bits per heavy atom. The molecule has 190 valence electrons. The molecule has 1 unspecified atom stereocenters. The summed E-state index contributed by atoms with van der Waals surface area (Å²) in [6.07, 6.45) is 2.75. The predicted octanol–water partition coefficient (Wildman–Crippen LogP) is 2.23. The quantitative estimate of drug-likeness (QED) is 0.670. The summed E-state index contributed by atoms with van der Waals surface area (Å²) in [6, 6.07) is 2.61. The highest BCUT2D eigenvalue weighted by atomic mass is 32.2. The van der Waals surface area contributed by atoms with Crippen molar-refractivity contribution in [2.45, 2.75) is 102 Å². The Balaban J connectivity index is 1.61. The lowest BCUT2D eigenvalue weighted by Crippen LogP contribution is -2.52. The van der Waals surface area contributed by atoms with Gasteiger partial charge in [-0.3, -0.25) is 4.79 Å².